The maximum Gasteiger partial charge on any atom is 0.255 e. The average Bonchev–Trinajstić information content (AvgIpc) is 3.21. The van der Waals surface area contributed by atoms with Crippen LogP contribution in [0.5, 0.6) is 0 Å². The second kappa shape index (κ2) is 9.60. The number of ether oxygens (including phenoxy) is 2. The van der Waals surface area contributed by atoms with E-state index in [2.05, 4.69) is 5.32 Å². The molecule has 0 spiro atoms. The first-order valence-corrected chi connectivity index (χ1v) is 10.7. The quantitative estimate of drug-likeness (QED) is 0.696. The van der Waals surface area contributed by atoms with Gasteiger partial charge in [0.25, 0.3) is 11.8 Å². The number of carbonyl (C=O) groups is 2. The van der Waals surface area contributed by atoms with Crippen LogP contribution in [0.3, 0.4) is 0 Å². The lowest BCUT2D eigenvalue weighted by atomic mass is 10.0. The number of likely N-dealkylation sites (N-methyl/N-ethyl adjacent to an activating group) is 2. The first-order valence-electron chi connectivity index (χ1n) is 10.7. The first kappa shape index (κ1) is 21.5. The average molecular weight is 424 g/mol. The minimum atomic E-state index is -0.918. The molecule has 2 aromatic rings. The standard InChI is InChI=1S/C24H29N3O4/c1-25-13-14-26(2)22(28)20-21-23(29)27(16-18-11-7-4-8-12-18)19(24(30-20)31-21)15-17-9-5-3-6-10-17/h3-12,19-21,24-25H,13-16H2,1-2H3/t19-,20+,21-,24-/m0/s1. The Kier molecular flexibility index (Phi) is 6.65. The SMILES string of the molecule is CNCCN(C)C(=O)[C@@H]1O[C@H]2O[C@@H]1C(=O)N(Cc1ccccc1)[C@H]2Cc1ccccc1. The number of rotatable bonds is 8. The summed E-state index contributed by atoms with van der Waals surface area (Å²) in [5.74, 6) is -0.421. The summed E-state index contributed by atoms with van der Waals surface area (Å²) in [5.41, 5.74) is 2.12. The third-order valence-corrected chi connectivity index (χ3v) is 5.88. The van der Waals surface area contributed by atoms with Crippen LogP contribution in [-0.2, 0) is 32.0 Å². The van der Waals surface area contributed by atoms with Gasteiger partial charge in [0.15, 0.2) is 18.5 Å². The van der Waals surface area contributed by atoms with Crippen molar-refractivity contribution in [2.45, 2.75) is 37.5 Å². The van der Waals surface area contributed by atoms with E-state index in [0.717, 1.165) is 11.1 Å². The molecule has 0 aromatic heterocycles. The Labute approximate surface area is 182 Å². The highest BCUT2D eigenvalue weighted by atomic mass is 16.7. The van der Waals surface area contributed by atoms with Crippen LogP contribution in [0.4, 0.5) is 0 Å². The van der Waals surface area contributed by atoms with Crippen molar-refractivity contribution in [2.24, 2.45) is 0 Å². The third kappa shape index (κ3) is 4.63. The zero-order valence-electron chi connectivity index (χ0n) is 17.9. The van der Waals surface area contributed by atoms with E-state index in [9.17, 15) is 9.59 Å². The molecule has 2 heterocycles. The summed E-state index contributed by atoms with van der Waals surface area (Å²) in [6.45, 7) is 1.64. The van der Waals surface area contributed by atoms with Gasteiger partial charge in [-0.2, -0.15) is 0 Å². The molecule has 4 rings (SSSR count). The van der Waals surface area contributed by atoms with E-state index < -0.39 is 18.5 Å². The second-order valence-corrected chi connectivity index (χ2v) is 8.05. The molecule has 0 saturated carbocycles. The lowest BCUT2D eigenvalue weighted by molar-refractivity contribution is -0.177. The van der Waals surface area contributed by atoms with Gasteiger partial charge in [-0.3, -0.25) is 9.59 Å². The number of benzene rings is 2. The summed E-state index contributed by atoms with van der Waals surface area (Å²) in [4.78, 5) is 29.9. The molecule has 2 bridgehead atoms. The Hall–Kier alpha value is -2.74. The molecular weight excluding hydrogens is 394 g/mol. The molecule has 0 aliphatic carbocycles. The summed E-state index contributed by atoms with van der Waals surface area (Å²) < 4.78 is 12.0. The summed E-state index contributed by atoms with van der Waals surface area (Å²) in [6.07, 6.45) is -1.88. The molecule has 2 fully saturated rings. The predicted octanol–water partition coefficient (Wildman–Crippen LogP) is 1.43. The molecule has 2 aromatic carbocycles. The van der Waals surface area contributed by atoms with Crippen molar-refractivity contribution in [3.8, 4) is 0 Å². The molecule has 1 N–H and O–H groups in total. The molecule has 4 atom stereocenters. The van der Waals surface area contributed by atoms with E-state index in [1.807, 2.05) is 72.6 Å². The van der Waals surface area contributed by atoms with Crippen molar-refractivity contribution < 1.29 is 19.1 Å². The zero-order chi connectivity index (χ0) is 21.8. The van der Waals surface area contributed by atoms with Gasteiger partial charge in [0, 0.05) is 26.7 Å². The third-order valence-electron chi connectivity index (χ3n) is 5.88. The van der Waals surface area contributed by atoms with Gasteiger partial charge >= 0.3 is 0 Å². The Morgan fingerprint density at radius 1 is 1.03 bits per heavy atom. The van der Waals surface area contributed by atoms with E-state index in [4.69, 9.17) is 9.47 Å². The summed E-state index contributed by atoms with van der Waals surface area (Å²) in [5, 5.41) is 3.03. The smallest absolute Gasteiger partial charge is 0.255 e. The normalized spacial score (nSPS) is 25.0. The number of nitrogens with one attached hydrogen (secondary N) is 1. The number of nitrogens with zero attached hydrogens (tertiary/aromatic N) is 2. The largest absolute Gasteiger partial charge is 0.342 e. The lowest BCUT2D eigenvalue weighted by Crippen LogP contribution is -2.56. The van der Waals surface area contributed by atoms with Crippen molar-refractivity contribution in [2.75, 3.05) is 27.2 Å². The molecule has 0 radical (unpaired) electrons. The van der Waals surface area contributed by atoms with Crippen LogP contribution in [0.1, 0.15) is 11.1 Å². The molecule has 31 heavy (non-hydrogen) atoms. The van der Waals surface area contributed by atoms with Crippen molar-refractivity contribution in [1.29, 1.82) is 0 Å². The van der Waals surface area contributed by atoms with E-state index in [0.29, 0.717) is 26.1 Å². The van der Waals surface area contributed by atoms with Gasteiger partial charge in [-0.1, -0.05) is 60.7 Å². The van der Waals surface area contributed by atoms with Crippen molar-refractivity contribution in [3.05, 3.63) is 71.8 Å². The van der Waals surface area contributed by atoms with E-state index in [1.54, 1.807) is 11.9 Å². The van der Waals surface area contributed by atoms with Crippen molar-refractivity contribution >= 4 is 11.8 Å². The number of amides is 2. The lowest BCUT2D eigenvalue weighted by Gasteiger charge is -2.38. The Balaban J connectivity index is 1.59. The molecule has 2 saturated heterocycles. The van der Waals surface area contributed by atoms with Gasteiger partial charge in [0.2, 0.25) is 0 Å². The highest BCUT2D eigenvalue weighted by Gasteiger charge is 2.55. The number of hydrogen-bond acceptors (Lipinski definition) is 5. The monoisotopic (exact) mass is 423 g/mol. The number of hydrogen-bond donors (Lipinski definition) is 1. The fourth-order valence-corrected chi connectivity index (χ4v) is 4.14. The van der Waals surface area contributed by atoms with Crippen molar-refractivity contribution in [3.63, 3.8) is 0 Å². The van der Waals surface area contributed by atoms with Crippen LogP contribution in [0.2, 0.25) is 0 Å². The summed E-state index contributed by atoms with van der Waals surface area (Å²) >= 11 is 0. The van der Waals surface area contributed by atoms with Gasteiger partial charge in [0.05, 0.1) is 6.04 Å². The van der Waals surface area contributed by atoms with E-state index >= 15 is 0 Å². The summed E-state index contributed by atoms with van der Waals surface area (Å²) in [7, 11) is 3.55. The van der Waals surface area contributed by atoms with Crippen LogP contribution >= 0.6 is 0 Å². The molecule has 2 amide bonds. The zero-order valence-corrected chi connectivity index (χ0v) is 17.9. The fourth-order valence-electron chi connectivity index (χ4n) is 4.14. The number of fused-ring (bicyclic) bond motifs is 2. The van der Waals surface area contributed by atoms with E-state index in [-0.39, 0.29) is 17.9 Å². The maximum absolute atomic E-state index is 13.5. The van der Waals surface area contributed by atoms with Gasteiger partial charge < -0.3 is 24.6 Å². The molecule has 2 aliphatic rings. The maximum atomic E-state index is 13.5. The molecule has 7 heteroatoms. The first-order chi connectivity index (χ1) is 15.1. The fraction of sp³-hybridized carbons (Fsp3) is 0.417. The molecule has 7 nitrogen and oxygen atoms in total. The van der Waals surface area contributed by atoms with Gasteiger partial charge in [-0.15, -0.1) is 0 Å². The Bertz CT molecular complexity index is 892. The second-order valence-electron chi connectivity index (χ2n) is 8.05. The highest BCUT2D eigenvalue weighted by Crippen LogP contribution is 2.34. The minimum Gasteiger partial charge on any atom is -0.342 e. The predicted molar refractivity (Wildman–Crippen MR) is 116 cm³/mol. The summed E-state index contributed by atoms with van der Waals surface area (Å²) in [6, 6.07) is 19.5. The molecule has 164 valence electrons. The van der Waals surface area contributed by atoms with Crippen LogP contribution < -0.4 is 5.32 Å². The molecule has 0 unspecified atom stereocenters. The molecule has 2 aliphatic heterocycles. The number of carbonyl (C=O) groups excluding carboxylic acids is 2. The van der Waals surface area contributed by atoms with Crippen LogP contribution in [0, 0.1) is 0 Å². The minimum absolute atomic E-state index is 0.195. The van der Waals surface area contributed by atoms with Gasteiger partial charge in [-0.05, 0) is 24.6 Å². The Morgan fingerprint density at radius 3 is 2.32 bits per heavy atom. The molecular formula is C24H29N3O4. The Morgan fingerprint density at radius 2 is 1.68 bits per heavy atom. The van der Waals surface area contributed by atoms with E-state index in [1.165, 1.54) is 0 Å². The number of morpholine rings is 1. The topological polar surface area (TPSA) is 71.1 Å². The van der Waals surface area contributed by atoms with Gasteiger partial charge in [-0.25, -0.2) is 0 Å². The van der Waals surface area contributed by atoms with Gasteiger partial charge in [0.1, 0.15) is 0 Å². The van der Waals surface area contributed by atoms with Crippen LogP contribution in [0.25, 0.3) is 0 Å². The van der Waals surface area contributed by atoms with Crippen molar-refractivity contribution in [1.82, 2.24) is 15.1 Å². The van der Waals surface area contributed by atoms with Crippen LogP contribution in [0.15, 0.2) is 60.7 Å². The van der Waals surface area contributed by atoms with Crippen LogP contribution in [-0.4, -0.2) is 73.3 Å². The highest BCUT2D eigenvalue weighted by molar-refractivity contribution is 5.92.